The molecule has 0 radical (unpaired) electrons. The number of thiophene rings is 1. The van der Waals surface area contributed by atoms with E-state index in [9.17, 15) is 0 Å². The molecule has 0 unspecified atom stereocenters. The summed E-state index contributed by atoms with van der Waals surface area (Å²) in [5.41, 5.74) is 3.43. The van der Waals surface area contributed by atoms with E-state index in [0.29, 0.717) is 5.71 Å². The van der Waals surface area contributed by atoms with Crippen molar-refractivity contribution in [3.63, 3.8) is 0 Å². The Morgan fingerprint density at radius 3 is 2.89 bits per heavy atom. The van der Waals surface area contributed by atoms with Crippen molar-refractivity contribution in [2.45, 2.75) is 0 Å². The highest BCUT2D eigenvalue weighted by molar-refractivity contribution is 7.21. The Hall–Kier alpha value is -3.51. The Balaban J connectivity index is 1.46. The third-order valence-corrected chi connectivity index (χ3v) is 5.69. The van der Waals surface area contributed by atoms with E-state index in [1.807, 2.05) is 42.7 Å². The molecule has 0 fully saturated rings. The number of hydrogen-bond acceptors (Lipinski definition) is 5. The summed E-state index contributed by atoms with van der Waals surface area (Å²) in [5.74, 6) is 0.775. The number of nitrogens with one attached hydrogen (secondary N) is 1. The number of fused-ring (bicyclic) bond motifs is 3. The second kappa shape index (κ2) is 5.49. The standard InChI is InChI=1S/C21H12N4OS/c1-2-13-9-17(26-20(13)23-6-1)15-8-14-10-18(27-21(14)24-11-15)16-4-3-12-5-7-22-19(12)25-16/h1-11H,(H,22,25). The van der Waals surface area contributed by atoms with Crippen LogP contribution < -0.4 is 0 Å². The molecule has 27 heavy (non-hydrogen) atoms. The van der Waals surface area contributed by atoms with Crippen molar-refractivity contribution >= 4 is 43.7 Å². The van der Waals surface area contributed by atoms with E-state index in [1.54, 1.807) is 17.5 Å². The minimum Gasteiger partial charge on any atom is -0.438 e. The molecular weight excluding hydrogens is 356 g/mol. The Morgan fingerprint density at radius 1 is 0.926 bits per heavy atom. The van der Waals surface area contributed by atoms with E-state index in [-0.39, 0.29) is 0 Å². The Labute approximate surface area is 157 Å². The first-order chi connectivity index (χ1) is 13.3. The van der Waals surface area contributed by atoms with Crippen molar-refractivity contribution in [3.05, 3.63) is 67.1 Å². The van der Waals surface area contributed by atoms with Gasteiger partial charge in [-0.1, -0.05) is 0 Å². The van der Waals surface area contributed by atoms with Crippen molar-refractivity contribution < 1.29 is 4.42 Å². The Morgan fingerprint density at radius 2 is 1.93 bits per heavy atom. The molecule has 0 aliphatic heterocycles. The van der Waals surface area contributed by atoms with Crippen LogP contribution in [0.25, 0.3) is 54.2 Å². The molecule has 0 saturated heterocycles. The van der Waals surface area contributed by atoms with Gasteiger partial charge in [0, 0.05) is 40.3 Å². The number of hydrogen-bond donors (Lipinski definition) is 1. The van der Waals surface area contributed by atoms with Gasteiger partial charge >= 0.3 is 0 Å². The number of nitrogens with zero attached hydrogens (tertiary/aromatic N) is 3. The molecule has 5 nitrogen and oxygen atoms in total. The van der Waals surface area contributed by atoms with E-state index in [0.717, 1.165) is 48.5 Å². The SMILES string of the molecule is c1cnc2oc(-c3cnc4sc(-c5ccc6cc[nH]c6n5)cc4c3)cc2c1. The highest BCUT2D eigenvalue weighted by atomic mass is 32.1. The molecule has 6 heterocycles. The van der Waals surface area contributed by atoms with Crippen LogP contribution in [0.2, 0.25) is 0 Å². The van der Waals surface area contributed by atoms with Crippen LogP contribution >= 0.6 is 11.3 Å². The van der Waals surface area contributed by atoms with Crippen LogP contribution in [-0.4, -0.2) is 19.9 Å². The third-order valence-electron chi connectivity index (χ3n) is 4.61. The van der Waals surface area contributed by atoms with Gasteiger partial charge in [0.2, 0.25) is 5.71 Å². The third kappa shape index (κ3) is 2.34. The molecule has 0 aromatic carbocycles. The average molecular weight is 368 g/mol. The van der Waals surface area contributed by atoms with Crippen molar-refractivity contribution in [1.29, 1.82) is 0 Å². The molecule has 6 heteroatoms. The van der Waals surface area contributed by atoms with Crippen LogP contribution in [-0.2, 0) is 0 Å². The molecule has 128 valence electrons. The molecule has 0 bridgehead atoms. The van der Waals surface area contributed by atoms with Gasteiger partial charge < -0.3 is 9.40 Å². The van der Waals surface area contributed by atoms with Crippen LogP contribution in [0.4, 0.5) is 0 Å². The molecule has 6 aromatic heterocycles. The van der Waals surface area contributed by atoms with Gasteiger partial charge in [-0.25, -0.2) is 15.0 Å². The minimum atomic E-state index is 0.641. The number of furan rings is 1. The lowest BCUT2D eigenvalue weighted by atomic mass is 10.1. The zero-order valence-electron chi connectivity index (χ0n) is 14.0. The summed E-state index contributed by atoms with van der Waals surface area (Å²) in [6.07, 6.45) is 5.49. The number of rotatable bonds is 2. The molecule has 0 amide bonds. The molecule has 0 aliphatic rings. The van der Waals surface area contributed by atoms with Gasteiger partial charge in [0.25, 0.3) is 0 Å². The number of pyridine rings is 3. The van der Waals surface area contributed by atoms with Crippen LogP contribution in [0.5, 0.6) is 0 Å². The molecule has 6 rings (SSSR count). The number of aromatic nitrogens is 4. The Bertz CT molecular complexity index is 1410. The average Bonchev–Trinajstić information content (AvgIpc) is 3.42. The summed E-state index contributed by atoms with van der Waals surface area (Å²) in [4.78, 5) is 18.8. The highest BCUT2D eigenvalue weighted by Crippen LogP contribution is 2.35. The molecule has 0 aliphatic carbocycles. The van der Waals surface area contributed by atoms with Crippen LogP contribution in [0.15, 0.2) is 71.5 Å². The summed E-state index contributed by atoms with van der Waals surface area (Å²) in [6.45, 7) is 0. The van der Waals surface area contributed by atoms with Crippen LogP contribution in [0, 0.1) is 0 Å². The van der Waals surface area contributed by atoms with Gasteiger partial charge in [0.15, 0.2) is 0 Å². The summed E-state index contributed by atoms with van der Waals surface area (Å²) < 4.78 is 5.87. The van der Waals surface area contributed by atoms with E-state index in [1.165, 1.54) is 0 Å². The van der Waals surface area contributed by atoms with Gasteiger partial charge in [-0.3, -0.25) is 0 Å². The largest absolute Gasteiger partial charge is 0.438 e. The van der Waals surface area contributed by atoms with Crippen molar-refractivity contribution in [2.24, 2.45) is 0 Å². The van der Waals surface area contributed by atoms with Gasteiger partial charge in [0.05, 0.1) is 10.6 Å². The number of H-pyrrole nitrogens is 1. The zero-order chi connectivity index (χ0) is 17.8. The fraction of sp³-hybridized carbons (Fsp3) is 0. The van der Waals surface area contributed by atoms with Gasteiger partial charge in [-0.2, -0.15) is 0 Å². The first kappa shape index (κ1) is 14.6. The smallest absolute Gasteiger partial charge is 0.226 e. The molecule has 1 N–H and O–H groups in total. The lowest BCUT2D eigenvalue weighted by molar-refractivity contribution is 0.618. The van der Waals surface area contributed by atoms with Crippen molar-refractivity contribution in [3.8, 4) is 21.9 Å². The number of aromatic amines is 1. The summed E-state index contributed by atoms with van der Waals surface area (Å²) in [5, 5.41) is 3.18. The highest BCUT2D eigenvalue weighted by Gasteiger charge is 2.12. The summed E-state index contributed by atoms with van der Waals surface area (Å²) in [7, 11) is 0. The normalized spacial score (nSPS) is 11.7. The fourth-order valence-electron chi connectivity index (χ4n) is 3.28. The summed E-state index contributed by atoms with van der Waals surface area (Å²) in [6, 6.07) is 16.3. The topological polar surface area (TPSA) is 67.6 Å². The van der Waals surface area contributed by atoms with Crippen molar-refractivity contribution in [1.82, 2.24) is 19.9 Å². The maximum Gasteiger partial charge on any atom is 0.226 e. The van der Waals surface area contributed by atoms with Gasteiger partial charge in [-0.05, 0) is 48.5 Å². The maximum atomic E-state index is 5.87. The lowest BCUT2D eigenvalue weighted by Gasteiger charge is -1.96. The van der Waals surface area contributed by atoms with E-state index >= 15 is 0 Å². The second-order valence-corrected chi connectivity index (χ2v) is 7.38. The van der Waals surface area contributed by atoms with Gasteiger partial charge in [0.1, 0.15) is 16.2 Å². The van der Waals surface area contributed by atoms with Crippen molar-refractivity contribution in [2.75, 3.05) is 0 Å². The van der Waals surface area contributed by atoms with Crippen LogP contribution in [0.3, 0.4) is 0 Å². The maximum absolute atomic E-state index is 5.87. The Kier molecular flexibility index (Phi) is 2.98. The molecule has 0 spiro atoms. The van der Waals surface area contributed by atoms with E-state index < -0.39 is 0 Å². The second-order valence-electron chi connectivity index (χ2n) is 6.35. The van der Waals surface area contributed by atoms with E-state index in [4.69, 9.17) is 9.40 Å². The first-order valence-electron chi connectivity index (χ1n) is 8.52. The molecule has 0 atom stereocenters. The zero-order valence-corrected chi connectivity index (χ0v) is 14.8. The molecule has 6 aromatic rings. The summed E-state index contributed by atoms with van der Waals surface area (Å²) >= 11 is 1.64. The first-order valence-corrected chi connectivity index (χ1v) is 9.34. The predicted molar refractivity (Wildman–Crippen MR) is 108 cm³/mol. The monoisotopic (exact) mass is 368 g/mol. The van der Waals surface area contributed by atoms with Gasteiger partial charge in [-0.15, -0.1) is 11.3 Å². The fourth-order valence-corrected chi connectivity index (χ4v) is 4.23. The lowest BCUT2D eigenvalue weighted by Crippen LogP contribution is -1.80. The predicted octanol–water partition coefficient (Wildman–Crippen LogP) is 5.65. The molecular formula is C21H12N4OS. The molecule has 0 saturated carbocycles. The van der Waals surface area contributed by atoms with Crippen LogP contribution in [0.1, 0.15) is 0 Å². The minimum absolute atomic E-state index is 0.641. The van der Waals surface area contributed by atoms with E-state index in [2.05, 4.69) is 33.2 Å². The quantitative estimate of drug-likeness (QED) is 0.429.